The summed E-state index contributed by atoms with van der Waals surface area (Å²) in [6, 6.07) is 14.9. The van der Waals surface area contributed by atoms with Crippen molar-refractivity contribution in [2.75, 3.05) is 26.0 Å². The monoisotopic (exact) mass is 518 g/mol. The highest BCUT2D eigenvalue weighted by Gasteiger charge is 2.47. The van der Waals surface area contributed by atoms with Crippen LogP contribution in [0.4, 0.5) is 5.69 Å². The average Bonchev–Trinajstić information content (AvgIpc) is 3.33. The van der Waals surface area contributed by atoms with Crippen LogP contribution in [-0.2, 0) is 33.8 Å². The van der Waals surface area contributed by atoms with E-state index in [9.17, 15) is 14.4 Å². The molecule has 1 aliphatic heterocycles. The number of hydrogen-bond acceptors (Lipinski definition) is 4. The van der Waals surface area contributed by atoms with Crippen LogP contribution in [0, 0.1) is 11.8 Å². The van der Waals surface area contributed by atoms with Crippen molar-refractivity contribution in [1.29, 1.82) is 0 Å². The number of rotatable bonds is 11. The number of nitrogens with one attached hydrogen (secondary N) is 2. The molecule has 1 fully saturated rings. The van der Waals surface area contributed by atoms with Crippen LogP contribution in [0.5, 0.6) is 0 Å². The van der Waals surface area contributed by atoms with E-state index in [-0.39, 0.29) is 36.1 Å². The quantitative estimate of drug-likeness (QED) is 0.471. The fraction of sp³-hybridized carbons (Fsp3) is 0.516. The zero-order valence-corrected chi connectivity index (χ0v) is 23.2. The summed E-state index contributed by atoms with van der Waals surface area (Å²) in [7, 11) is 3.99. The van der Waals surface area contributed by atoms with Gasteiger partial charge in [0.1, 0.15) is 12.1 Å². The molecular formula is C31H42N4O3. The highest BCUT2D eigenvalue weighted by Crippen LogP contribution is 2.34. The summed E-state index contributed by atoms with van der Waals surface area (Å²) in [6.07, 6.45) is 4.39. The normalized spacial score (nSPS) is 19.7. The predicted molar refractivity (Wildman–Crippen MR) is 151 cm³/mol. The van der Waals surface area contributed by atoms with Gasteiger partial charge in [-0.15, -0.1) is 0 Å². The number of anilines is 1. The second-order valence-electron chi connectivity index (χ2n) is 11.0. The molecule has 0 saturated carbocycles. The Hall–Kier alpha value is -3.19. The van der Waals surface area contributed by atoms with Crippen LogP contribution in [0.2, 0.25) is 0 Å². The van der Waals surface area contributed by atoms with Crippen LogP contribution in [0.15, 0.2) is 48.5 Å². The maximum Gasteiger partial charge on any atom is 0.246 e. The molecule has 7 heteroatoms. The van der Waals surface area contributed by atoms with E-state index in [0.717, 1.165) is 44.2 Å². The summed E-state index contributed by atoms with van der Waals surface area (Å²) in [5.41, 5.74) is 4.07. The minimum atomic E-state index is -0.548. The van der Waals surface area contributed by atoms with Crippen molar-refractivity contribution < 1.29 is 14.4 Å². The molecule has 2 N–H and O–H groups in total. The molecule has 2 aromatic carbocycles. The van der Waals surface area contributed by atoms with Crippen LogP contribution in [0.3, 0.4) is 0 Å². The lowest BCUT2D eigenvalue weighted by Gasteiger charge is -2.44. The molecule has 38 heavy (non-hydrogen) atoms. The Labute approximate surface area is 227 Å². The number of carbonyl (C=O) groups excluding carboxylic acids is 3. The Morgan fingerprint density at radius 2 is 1.66 bits per heavy atom. The number of piperazine rings is 1. The van der Waals surface area contributed by atoms with Crippen molar-refractivity contribution in [1.82, 2.24) is 15.1 Å². The molecule has 0 aromatic heterocycles. The standard InChI is InChI=1S/C31H42N4O3/c1-5-21(6-2)29-30(37)33-28(25-18-22-12-7-8-13-23(22)19-25)31(38)35(29)20-24-14-9-10-15-26(24)32-27(36)16-11-17-34(3)4/h7-10,12-15,21,25,28-29H,5-6,11,16-20H2,1-4H3,(H,32,36)(H,33,37)/t28-,29-/m1/s1. The summed E-state index contributed by atoms with van der Waals surface area (Å²) < 4.78 is 0. The molecule has 0 bridgehead atoms. The molecular weight excluding hydrogens is 476 g/mol. The van der Waals surface area contributed by atoms with E-state index in [4.69, 9.17) is 0 Å². The third-order valence-electron chi connectivity index (χ3n) is 8.14. The summed E-state index contributed by atoms with van der Waals surface area (Å²) in [6.45, 7) is 5.28. The average molecular weight is 519 g/mol. The van der Waals surface area contributed by atoms with Crippen molar-refractivity contribution in [3.05, 3.63) is 65.2 Å². The first-order valence-electron chi connectivity index (χ1n) is 14.0. The van der Waals surface area contributed by atoms with Gasteiger partial charge in [0, 0.05) is 18.7 Å². The van der Waals surface area contributed by atoms with Crippen LogP contribution in [0.25, 0.3) is 0 Å². The first-order chi connectivity index (χ1) is 18.3. The lowest BCUT2D eigenvalue weighted by atomic mass is 9.86. The molecule has 3 amide bonds. The Balaban J connectivity index is 1.57. The number of amides is 3. The van der Waals surface area contributed by atoms with Gasteiger partial charge < -0.3 is 20.4 Å². The van der Waals surface area contributed by atoms with Gasteiger partial charge in [0.2, 0.25) is 17.7 Å². The van der Waals surface area contributed by atoms with Gasteiger partial charge in [0.15, 0.2) is 0 Å². The summed E-state index contributed by atoms with van der Waals surface area (Å²) in [4.78, 5) is 44.2. The van der Waals surface area contributed by atoms with Gasteiger partial charge in [-0.05, 0) is 74.5 Å². The van der Waals surface area contributed by atoms with Crippen molar-refractivity contribution in [2.45, 2.75) is 71.0 Å². The number of benzene rings is 2. The molecule has 0 radical (unpaired) electrons. The lowest BCUT2D eigenvalue weighted by Crippen LogP contribution is -2.66. The van der Waals surface area contributed by atoms with Gasteiger partial charge in [0.25, 0.3) is 0 Å². The molecule has 2 aliphatic rings. The highest BCUT2D eigenvalue weighted by molar-refractivity contribution is 5.98. The Bertz CT molecular complexity index is 1120. The summed E-state index contributed by atoms with van der Waals surface area (Å²) in [5.74, 6) is -0.0230. The Morgan fingerprint density at radius 3 is 2.29 bits per heavy atom. The van der Waals surface area contributed by atoms with E-state index < -0.39 is 12.1 Å². The predicted octanol–water partition coefficient (Wildman–Crippen LogP) is 4.01. The SMILES string of the molecule is CCC(CC)[C@@H]1C(=O)N[C@H](C2Cc3ccccc3C2)C(=O)N1Cc1ccccc1NC(=O)CCCN(C)C. The molecule has 0 spiro atoms. The number of carbonyl (C=O) groups is 3. The molecule has 1 heterocycles. The molecule has 2 aromatic rings. The zero-order valence-electron chi connectivity index (χ0n) is 23.2. The second-order valence-corrected chi connectivity index (χ2v) is 11.0. The summed E-state index contributed by atoms with van der Waals surface area (Å²) in [5, 5.41) is 6.19. The van der Waals surface area contributed by atoms with Crippen LogP contribution < -0.4 is 10.6 Å². The second kappa shape index (κ2) is 12.6. The van der Waals surface area contributed by atoms with Crippen LogP contribution in [-0.4, -0.2) is 60.2 Å². The number of para-hydroxylation sites is 1. The first kappa shape index (κ1) is 27.8. The Morgan fingerprint density at radius 1 is 1.03 bits per heavy atom. The number of hydrogen-bond donors (Lipinski definition) is 2. The topological polar surface area (TPSA) is 81.8 Å². The molecule has 0 unspecified atom stereocenters. The van der Waals surface area contributed by atoms with E-state index in [1.54, 1.807) is 4.90 Å². The highest BCUT2D eigenvalue weighted by atomic mass is 16.2. The van der Waals surface area contributed by atoms with Crippen LogP contribution >= 0.6 is 0 Å². The maximum atomic E-state index is 14.1. The third kappa shape index (κ3) is 6.26. The van der Waals surface area contributed by atoms with Gasteiger partial charge in [-0.3, -0.25) is 14.4 Å². The van der Waals surface area contributed by atoms with Crippen molar-refractivity contribution in [2.24, 2.45) is 11.8 Å². The molecule has 2 atom stereocenters. The Kier molecular flexibility index (Phi) is 9.21. The first-order valence-corrected chi connectivity index (χ1v) is 14.0. The molecule has 1 saturated heterocycles. The lowest BCUT2D eigenvalue weighted by molar-refractivity contribution is -0.154. The fourth-order valence-corrected chi connectivity index (χ4v) is 6.02. The van der Waals surface area contributed by atoms with E-state index in [2.05, 4.69) is 41.5 Å². The zero-order chi connectivity index (χ0) is 27.2. The van der Waals surface area contributed by atoms with Gasteiger partial charge in [-0.25, -0.2) is 0 Å². The van der Waals surface area contributed by atoms with Crippen molar-refractivity contribution >= 4 is 23.4 Å². The minimum absolute atomic E-state index is 0.0218. The number of nitrogens with zero attached hydrogens (tertiary/aromatic N) is 2. The minimum Gasteiger partial charge on any atom is -0.342 e. The smallest absolute Gasteiger partial charge is 0.246 e. The van der Waals surface area contributed by atoms with Gasteiger partial charge in [-0.1, -0.05) is 69.2 Å². The van der Waals surface area contributed by atoms with Gasteiger partial charge in [0.05, 0.1) is 0 Å². The van der Waals surface area contributed by atoms with E-state index in [1.807, 2.05) is 50.5 Å². The van der Waals surface area contributed by atoms with Gasteiger partial charge >= 0.3 is 0 Å². The van der Waals surface area contributed by atoms with Crippen molar-refractivity contribution in [3.8, 4) is 0 Å². The van der Waals surface area contributed by atoms with E-state index in [1.165, 1.54) is 11.1 Å². The van der Waals surface area contributed by atoms with Gasteiger partial charge in [-0.2, -0.15) is 0 Å². The fourth-order valence-electron chi connectivity index (χ4n) is 6.02. The number of fused-ring (bicyclic) bond motifs is 1. The maximum absolute atomic E-state index is 14.1. The summed E-state index contributed by atoms with van der Waals surface area (Å²) >= 11 is 0. The van der Waals surface area contributed by atoms with E-state index in [0.29, 0.717) is 12.1 Å². The van der Waals surface area contributed by atoms with Crippen LogP contribution in [0.1, 0.15) is 56.2 Å². The molecule has 1 aliphatic carbocycles. The third-order valence-corrected chi connectivity index (χ3v) is 8.14. The van der Waals surface area contributed by atoms with E-state index >= 15 is 0 Å². The molecule has 4 rings (SSSR count). The molecule has 204 valence electrons. The molecule has 7 nitrogen and oxygen atoms in total. The van der Waals surface area contributed by atoms with Crippen molar-refractivity contribution in [3.63, 3.8) is 0 Å². The largest absolute Gasteiger partial charge is 0.342 e.